The van der Waals surface area contributed by atoms with E-state index in [0.717, 1.165) is 12.0 Å². The number of hydrogen-bond donors (Lipinski definition) is 1. The first-order valence-electron chi connectivity index (χ1n) is 6.63. The van der Waals surface area contributed by atoms with Crippen molar-refractivity contribution in [3.8, 4) is 0 Å². The first kappa shape index (κ1) is 15.8. The van der Waals surface area contributed by atoms with E-state index in [2.05, 4.69) is 22.0 Å². The summed E-state index contributed by atoms with van der Waals surface area (Å²) in [6.07, 6.45) is 8.54. The van der Waals surface area contributed by atoms with Crippen LogP contribution in [0.3, 0.4) is 0 Å². The average Bonchev–Trinajstić information content (AvgIpc) is 2.74. The van der Waals surface area contributed by atoms with Gasteiger partial charge in [-0.05, 0) is 56.7 Å². The van der Waals surface area contributed by atoms with Gasteiger partial charge in [0, 0.05) is 11.7 Å². The molecule has 1 aliphatic heterocycles. The van der Waals surface area contributed by atoms with Gasteiger partial charge in [-0.15, -0.1) is 24.8 Å². The van der Waals surface area contributed by atoms with Crippen molar-refractivity contribution in [2.75, 3.05) is 13.1 Å². The van der Waals surface area contributed by atoms with Crippen LogP contribution in [0.1, 0.15) is 37.4 Å². The summed E-state index contributed by atoms with van der Waals surface area (Å²) in [4.78, 5) is 2.71. The Bertz CT molecular complexity index is 365. The topological polar surface area (TPSA) is 31.9 Å². The molecule has 1 N–H and O–H groups in total. The number of halogens is 2. The summed E-state index contributed by atoms with van der Waals surface area (Å²) in [5.74, 6) is 0.869. The van der Waals surface area contributed by atoms with Crippen molar-refractivity contribution in [3.63, 3.8) is 0 Å². The largest absolute Gasteiger partial charge is 0.300 e. The van der Waals surface area contributed by atoms with Gasteiger partial charge in [0.2, 0.25) is 0 Å². The van der Waals surface area contributed by atoms with Gasteiger partial charge in [0.05, 0.1) is 6.20 Å². The Kier molecular flexibility index (Phi) is 5.96. The molecule has 1 aliphatic carbocycles. The molecule has 1 fully saturated rings. The number of H-pyrrole nitrogens is 1. The summed E-state index contributed by atoms with van der Waals surface area (Å²) in [6.45, 7) is 4.87. The average molecular weight is 292 g/mol. The minimum absolute atomic E-state index is 0. The summed E-state index contributed by atoms with van der Waals surface area (Å²) in [5, 5.41) is 7.36. The quantitative estimate of drug-likeness (QED) is 0.909. The Labute approximate surface area is 122 Å². The Morgan fingerprint density at radius 1 is 1.39 bits per heavy atom. The molecule has 2 aliphatic rings. The van der Waals surface area contributed by atoms with Crippen LogP contribution in [0, 0.1) is 5.92 Å². The maximum atomic E-state index is 4.19. The van der Waals surface area contributed by atoms with E-state index < -0.39 is 0 Å². The fourth-order valence-electron chi connectivity index (χ4n) is 3.49. The lowest BCUT2D eigenvalue weighted by molar-refractivity contribution is 0.0850. The van der Waals surface area contributed by atoms with Crippen molar-refractivity contribution >= 4 is 24.8 Å². The smallest absolute Gasteiger partial charge is 0.0522 e. The molecule has 2 unspecified atom stereocenters. The van der Waals surface area contributed by atoms with Crippen LogP contribution >= 0.6 is 24.8 Å². The Morgan fingerprint density at radius 3 is 3.00 bits per heavy atom. The fraction of sp³-hybridized carbons (Fsp3) is 0.769. The van der Waals surface area contributed by atoms with E-state index in [-0.39, 0.29) is 24.8 Å². The fourth-order valence-corrected chi connectivity index (χ4v) is 3.49. The molecule has 1 aromatic heterocycles. The molecular formula is C13H23Cl2N3. The lowest BCUT2D eigenvalue weighted by Gasteiger charge is -2.43. The zero-order chi connectivity index (χ0) is 11.0. The normalized spacial score (nSPS) is 26.5. The van der Waals surface area contributed by atoms with E-state index in [4.69, 9.17) is 0 Å². The highest BCUT2D eigenvalue weighted by Crippen LogP contribution is 2.34. The second kappa shape index (κ2) is 6.78. The maximum Gasteiger partial charge on any atom is 0.0522 e. The third kappa shape index (κ3) is 2.84. The van der Waals surface area contributed by atoms with E-state index in [1.807, 2.05) is 6.20 Å². The van der Waals surface area contributed by atoms with E-state index in [1.165, 1.54) is 56.5 Å². The van der Waals surface area contributed by atoms with Crippen molar-refractivity contribution in [3.05, 3.63) is 17.5 Å². The predicted molar refractivity (Wildman–Crippen MR) is 78.9 cm³/mol. The van der Waals surface area contributed by atoms with Gasteiger partial charge in [-0.2, -0.15) is 5.10 Å². The minimum atomic E-state index is 0. The monoisotopic (exact) mass is 291 g/mol. The van der Waals surface area contributed by atoms with Gasteiger partial charge in [0.1, 0.15) is 0 Å². The highest BCUT2D eigenvalue weighted by Gasteiger charge is 2.35. The molecule has 1 saturated heterocycles. The number of nitrogens with one attached hydrogen (secondary N) is 1. The predicted octanol–water partition coefficient (Wildman–Crippen LogP) is 2.84. The number of aromatic nitrogens is 2. The number of piperidine rings is 1. The standard InChI is InChI=1S/C13H21N3.2ClH/c1-2-5-16-6-3-4-10-7-12-11(8-13(10)16)9-14-15-12;;/h9-10,13H,2-8H2,1H3,(H,14,15);2*1H. The number of aromatic amines is 1. The van der Waals surface area contributed by atoms with Gasteiger partial charge in [0.15, 0.2) is 0 Å². The molecule has 0 saturated carbocycles. The molecule has 0 aromatic carbocycles. The number of likely N-dealkylation sites (tertiary alicyclic amines) is 1. The van der Waals surface area contributed by atoms with Gasteiger partial charge in [-0.25, -0.2) is 0 Å². The lowest BCUT2D eigenvalue weighted by Crippen LogP contribution is -2.49. The van der Waals surface area contributed by atoms with E-state index in [9.17, 15) is 0 Å². The summed E-state index contributed by atoms with van der Waals surface area (Å²) >= 11 is 0. The van der Waals surface area contributed by atoms with Crippen molar-refractivity contribution in [2.24, 2.45) is 5.92 Å². The number of nitrogens with zero attached hydrogens (tertiary/aromatic N) is 2. The van der Waals surface area contributed by atoms with Gasteiger partial charge in [-0.1, -0.05) is 6.92 Å². The number of rotatable bonds is 2. The molecule has 5 heteroatoms. The molecule has 3 nitrogen and oxygen atoms in total. The second-order valence-electron chi connectivity index (χ2n) is 5.29. The highest BCUT2D eigenvalue weighted by molar-refractivity contribution is 5.85. The molecule has 0 spiro atoms. The molecule has 2 atom stereocenters. The molecule has 104 valence electrons. The Balaban J connectivity index is 0.000000810. The zero-order valence-corrected chi connectivity index (χ0v) is 12.5. The van der Waals surface area contributed by atoms with Crippen LogP contribution in [0.5, 0.6) is 0 Å². The highest BCUT2D eigenvalue weighted by atomic mass is 35.5. The minimum Gasteiger partial charge on any atom is -0.300 e. The van der Waals surface area contributed by atoms with Crippen LogP contribution in [-0.4, -0.2) is 34.2 Å². The van der Waals surface area contributed by atoms with Crippen molar-refractivity contribution in [2.45, 2.75) is 45.1 Å². The number of hydrogen-bond acceptors (Lipinski definition) is 2. The molecule has 3 rings (SSSR count). The van der Waals surface area contributed by atoms with Crippen LogP contribution in [0.2, 0.25) is 0 Å². The molecular weight excluding hydrogens is 269 g/mol. The van der Waals surface area contributed by atoms with Gasteiger partial charge in [0.25, 0.3) is 0 Å². The van der Waals surface area contributed by atoms with E-state index in [0.29, 0.717) is 0 Å². The summed E-state index contributed by atoms with van der Waals surface area (Å²) in [5.41, 5.74) is 2.86. The van der Waals surface area contributed by atoms with E-state index >= 15 is 0 Å². The van der Waals surface area contributed by atoms with Crippen LogP contribution in [0.25, 0.3) is 0 Å². The van der Waals surface area contributed by atoms with Crippen LogP contribution in [0.4, 0.5) is 0 Å². The third-order valence-electron chi connectivity index (χ3n) is 4.25. The SMILES string of the molecule is CCCN1CCCC2Cc3[nH]ncc3CC21.Cl.Cl. The maximum absolute atomic E-state index is 4.19. The summed E-state index contributed by atoms with van der Waals surface area (Å²) in [7, 11) is 0. The molecule has 18 heavy (non-hydrogen) atoms. The van der Waals surface area contributed by atoms with Gasteiger partial charge in [-0.3, -0.25) is 10.00 Å². The van der Waals surface area contributed by atoms with Crippen molar-refractivity contribution < 1.29 is 0 Å². The second-order valence-corrected chi connectivity index (χ2v) is 5.29. The first-order chi connectivity index (χ1) is 7.88. The zero-order valence-electron chi connectivity index (χ0n) is 10.9. The van der Waals surface area contributed by atoms with Gasteiger partial charge < -0.3 is 0 Å². The molecule has 0 amide bonds. The molecule has 0 bridgehead atoms. The molecule has 2 heterocycles. The number of fused-ring (bicyclic) bond motifs is 2. The summed E-state index contributed by atoms with van der Waals surface area (Å²) in [6, 6.07) is 0.791. The third-order valence-corrected chi connectivity index (χ3v) is 4.25. The van der Waals surface area contributed by atoms with Crippen LogP contribution < -0.4 is 0 Å². The molecule has 0 radical (unpaired) electrons. The lowest BCUT2D eigenvalue weighted by atomic mass is 9.77. The summed E-state index contributed by atoms with van der Waals surface area (Å²) < 4.78 is 0. The van der Waals surface area contributed by atoms with Crippen LogP contribution in [0.15, 0.2) is 6.20 Å². The Morgan fingerprint density at radius 2 is 2.22 bits per heavy atom. The molecule has 1 aromatic rings. The van der Waals surface area contributed by atoms with E-state index in [1.54, 1.807) is 0 Å². The van der Waals surface area contributed by atoms with Crippen molar-refractivity contribution in [1.29, 1.82) is 0 Å². The van der Waals surface area contributed by atoms with Crippen LogP contribution in [-0.2, 0) is 12.8 Å². The Hall–Kier alpha value is -0.250. The van der Waals surface area contributed by atoms with Crippen molar-refractivity contribution in [1.82, 2.24) is 15.1 Å². The first-order valence-corrected chi connectivity index (χ1v) is 6.63. The van der Waals surface area contributed by atoms with Gasteiger partial charge >= 0.3 is 0 Å².